The van der Waals surface area contributed by atoms with Crippen molar-refractivity contribution in [1.82, 2.24) is 5.32 Å². The van der Waals surface area contributed by atoms with E-state index in [2.05, 4.69) is 26.6 Å². The van der Waals surface area contributed by atoms with Crippen molar-refractivity contribution in [2.24, 2.45) is 0 Å². The molecule has 2 N–H and O–H groups in total. The van der Waals surface area contributed by atoms with Gasteiger partial charge in [0.05, 0.1) is 12.2 Å². The Kier molecular flexibility index (Phi) is 6.54. The Morgan fingerprint density at radius 1 is 1.10 bits per heavy atom. The third-order valence-corrected chi connectivity index (χ3v) is 4.50. The maximum atomic E-state index is 12.0. The van der Waals surface area contributed by atoms with Crippen LogP contribution in [0.3, 0.4) is 0 Å². The van der Waals surface area contributed by atoms with Crippen molar-refractivity contribution in [2.45, 2.75) is 51.0 Å². The fourth-order valence-corrected chi connectivity index (χ4v) is 3.04. The van der Waals surface area contributed by atoms with E-state index in [4.69, 9.17) is 0 Å². The minimum Gasteiger partial charge on any atom is -0.324 e. The lowest BCUT2D eigenvalue weighted by atomic mass is 9.97. The zero-order chi connectivity index (χ0) is 14.2. The Hall–Kier alpha value is -0.870. The van der Waals surface area contributed by atoms with E-state index in [9.17, 15) is 4.79 Å². The third-order valence-electron chi connectivity index (χ3n) is 3.80. The number of para-hydroxylation sites is 1. The van der Waals surface area contributed by atoms with E-state index in [0.717, 1.165) is 10.2 Å². The van der Waals surface area contributed by atoms with Crippen LogP contribution >= 0.6 is 15.9 Å². The molecular weight excluding hydrogens is 316 g/mol. The standard InChI is InChI=1S/C16H23BrN2O/c17-14-10-6-7-11-15(14)19-16(20)12-18-13-8-4-2-1-3-5-9-13/h6-7,10-11,13,18H,1-5,8-9,12H2,(H,19,20). The van der Waals surface area contributed by atoms with Gasteiger partial charge in [-0.1, -0.05) is 44.2 Å². The predicted molar refractivity (Wildman–Crippen MR) is 86.9 cm³/mol. The number of carbonyl (C=O) groups excluding carboxylic acids is 1. The summed E-state index contributed by atoms with van der Waals surface area (Å²) < 4.78 is 0.916. The first-order valence-electron chi connectivity index (χ1n) is 7.53. The number of nitrogens with one attached hydrogen (secondary N) is 2. The van der Waals surface area contributed by atoms with Crippen molar-refractivity contribution in [2.75, 3.05) is 11.9 Å². The Labute approximate surface area is 129 Å². The minimum atomic E-state index is 0.0268. The number of amides is 1. The molecular formula is C16H23BrN2O. The highest BCUT2D eigenvalue weighted by atomic mass is 79.9. The second-order valence-corrected chi connectivity index (χ2v) is 6.31. The van der Waals surface area contributed by atoms with E-state index in [1.54, 1.807) is 0 Å². The topological polar surface area (TPSA) is 41.1 Å². The van der Waals surface area contributed by atoms with Crippen LogP contribution in [0.25, 0.3) is 0 Å². The van der Waals surface area contributed by atoms with Gasteiger partial charge in [0.15, 0.2) is 0 Å². The van der Waals surface area contributed by atoms with Crippen LogP contribution in [0.2, 0.25) is 0 Å². The molecule has 0 aromatic heterocycles. The molecule has 1 saturated carbocycles. The number of halogens is 1. The molecule has 2 rings (SSSR count). The highest BCUT2D eigenvalue weighted by Crippen LogP contribution is 2.21. The van der Waals surface area contributed by atoms with Crippen molar-refractivity contribution < 1.29 is 4.79 Å². The van der Waals surface area contributed by atoms with Crippen molar-refractivity contribution >= 4 is 27.5 Å². The van der Waals surface area contributed by atoms with Crippen molar-refractivity contribution in [3.05, 3.63) is 28.7 Å². The Morgan fingerprint density at radius 3 is 2.45 bits per heavy atom. The minimum absolute atomic E-state index is 0.0268. The molecule has 1 aromatic rings. The van der Waals surface area contributed by atoms with Gasteiger partial charge in [0.2, 0.25) is 5.91 Å². The van der Waals surface area contributed by atoms with Crippen LogP contribution in [0, 0.1) is 0 Å². The van der Waals surface area contributed by atoms with Gasteiger partial charge in [-0.2, -0.15) is 0 Å². The molecule has 1 aliphatic rings. The van der Waals surface area contributed by atoms with Gasteiger partial charge in [0, 0.05) is 10.5 Å². The summed E-state index contributed by atoms with van der Waals surface area (Å²) in [4.78, 5) is 12.0. The van der Waals surface area contributed by atoms with E-state index >= 15 is 0 Å². The molecule has 0 spiro atoms. The van der Waals surface area contributed by atoms with Crippen LogP contribution in [0.1, 0.15) is 44.9 Å². The van der Waals surface area contributed by atoms with Crippen LogP contribution in [-0.2, 0) is 4.79 Å². The van der Waals surface area contributed by atoms with Crippen LogP contribution in [0.4, 0.5) is 5.69 Å². The number of benzene rings is 1. The van der Waals surface area contributed by atoms with Crippen molar-refractivity contribution in [3.63, 3.8) is 0 Å². The fourth-order valence-electron chi connectivity index (χ4n) is 2.65. The van der Waals surface area contributed by atoms with Crippen LogP contribution in [-0.4, -0.2) is 18.5 Å². The van der Waals surface area contributed by atoms with Gasteiger partial charge in [0.25, 0.3) is 0 Å². The van der Waals surface area contributed by atoms with Gasteiger partial charge in [-0.05, 0) is 40.9 Å². The van der Waals surface area contributed by atoms with Gasteiger partial charge in [-0.25, -0.2) is 0 Å². The number of hydrogen-bond acceptors (Lipinski definition) is 2. The van der Waals surface area contributed by atoms with E-state index in [0.29, 0.717) is 12.6 Å². The summed E-state index contributed by atoms with van der Waals surface area (Å²) in [5, 5.41) is 6.33. The van der Waals surface area contributed by atoms with Crippen molar-refractivity contribution in [3.8, 4) is 0 Å². The molecule has 1 fully saturated rings. The largest absolute Gasteiger partial charge is 0.324 e. The molecule has 0 heterocycles. The molecule has 1 aromatic carbocycles. The smallest absolute Gasteiger partial charge is 0.238 e. The molecule has 0 atom stereocenters. The molecule has 0 aliphatic heterocycles. The second kappa shape index (κ2) is 8.42. The highest BCUT2D eigenvalue weighted by molar-refractivity contribution is 9.10. The molecule has 3 nitrogen and oxygen atoms in total. The van der Waals surface area contributed by atoms with E-state index < -0.39 is 0 Å². The highest BCUT2D eigenvalue weighted by Gasteiger charge is 2.12. The molecule has 1 aliphatic carbocycles. The zero-order valence-electron chi connectivity index (χ0n) is 11.8. The van der Waals surface area contributed by atoms with Gasteiger partial charge in [-0.3, -0.25) is 4.79 Å². The lowest BCUT2D eigenvalue weighted by molar-refractivity contribution is -0.115. The predicted octanol–water partition coefficient (Wildman–Crippen LogP) is 4.09. The lowest BCUT2D eigenvalue weighted by Gasteiger charge is -2.20. The quantitative estimate of drug-likeness (QED) is 0.867. The summed E-state index contributed by atoms with van der Waals surface area (Å²) >= 11 is 3.44. The second-order valence-electron chi connectivity index (χ2n) is 5.45. The zero-order valence-corrected chi connectivity index (χ0v) is 13.4. The van der Waals surface area contributed by atoms with E-state index in [1.807, 2.05) is 24.3 Å². The molecule has 20 heavy (non-hydrogen) atoms. The number of rotatable bonds is 4. The maximum absolute atomic E-state index is 12.0. The first kappa shape index (κ1) is 15.5. The number of carbonyl (C=O) groups is 1. The monoisotopic (exact) mass is 338 g/mol. The van der Waals surface area contributed by atoms with Gasteiger partial charge < -0.3 is 10.6 Å². The van der Waals surface area contributed by atoms with Crippen LogP contribution < -0.4 is 10.6 Å². The molecule has 110 valence electrons. The number of anilines is 1. The molecule has 0 bridgehead atoms. The summed E-state index contributed by atoms with van der Waals surface area (Å²) in [6, 6.07) is 8.19. The Balaban J connectivity index is 1.75. The normalized spacial score (nSPS) is 17.2. The number of hydrogen-bond donors (Lipinski definition) is 2. The molecule has 0 radical (unpaired) electrons. The third kappa shape index (κ3) is 5.25. The summed E-state index contributed by atoms with van der Waals surface area (Å²) in [5.74, 6) is 0.0268. The first-order valence-corrected chi connectivity index (χ1v) is 8.33. The van der Waals surface area contributed by atoms with Crippen molar-refractivity contribution in [1.29, 1.82) is 0 Å². The summed E-state index contributed by atoms with van der Waals surface area (Å²) in [6.45, 7) is 0.395. The van der Waals surface area contributed by atoms with E-state index in [-0.39, 0.29) is 5.91 Å². The fraction of sp³-hybridized carbons (Fsp3) is 0.562. The molecule has 0 unspecified atom stereocenters. The summed E-state index contributed by atoms with van der Waals surface area (Å²) in [6.07, 6.45) is 9.00. The average Bonchev–Trinajstić information content (AvgIpc) is 2.40. The molecule has 0 saturated heterocycles. The van der Waals surface area contributed by atoms with Gasteiger partial charge in [-0.15, -0.1) is 0 Å². The average molecular weight is 339 g/mol. The molecule has 1 amide bonds. The maximum Gasteiger partial charge on any atom is 0.238 e. The Bertz CT molecular complexity index is 428. The summed E-state index contributed by atoms with van der Waals surface area (Å²) in [7, 11) is 0. The van der Waals surface area contributed by atoms with Gasteiger partial charge in [0.1, 0.15) is 0 Å². The SMILES string of the molecule is O=C(CNC1CCCCCCC1)Nc1ccccc1Br. The summed E-state index contributed by atoms with van der Waals surface area (Å²) in [5.41, 5.74) is 0.831. The van der Waals surface area contributed by atoms with Gasteiger partial charge >= 0.3 is 0 Å². The lowest BCUT2D eigenvalue weighted by Crippen LogP contribution is -2.36. The first-order chi connectivity index (χ1) is 9.75. The van der Waals surface area contributed by atoms with E-state index in [1.165, 1.54) is 44.9 Å². The van der Waals surface area contributed by atoms with Crippen LogP contribution in [0.5, 0.6) is 0 Å². The molecule has 4 heteroatoms. The van der Waals surface area contributed by atoms with Crippen LogP contribution in [0.15, 0.2) is 28.7 Å². The Morgan fingerprint density at radius 2 is 1.75 bits per heavy atom.